The number of carbonyl (C=O) groups is 1. The number of carbonyl (C=O) groups excluding carboxylic acids is 1. The summed E-state index contributed by atoms with van der Waals surface area (Å²) in [7, 11) is 0. The second-order valence-electron chi connectivity index (χ2n) is 4.71. The van der Waals surface area contributed by atoms with Gasteiger partial charge in [0, 0.05) is 26.1 Å². The predicted molar refractivity (Wildman–Crippen MR) is 61.2 cm³/mol. The van der Waals surface area contributed by atoms with Crippen LogP contribution in [0.5, 0.6) is 0 Å². The van der Waals surface area contributed by atoms with Crippen molar-refractivity contribution in [2.45, 2.75) is 31.3 Å². The fraction of sp³-hybridized carbons (Fsp3) is 0.909. The lowest BCUT2D eigenvalue weighted by atomic mass is 9.89. The second-order valence-corrected chi connectivity index (χ2v) is 4.71. The fourth-order valence-corrected chi connectivity index (χ4v) is 2.46. The molecule has 2 aliphatic heterocycles. The van der Waals surface area contributed by atoms with E-state index in [1.54, 1.807) is 4.90 Å². The lowest BCUT2D eigenvalue weighted by Gasteiger charge is -2.43. The van der Waals surface area contributed by atoms with Crippen LogP contribution in [0.3, 0.4) is 0 Å². The highest BCUT2D eigenvalue weighted by molar-refractivity contribution is 5.69. The normalized spacial score (nSPS) is 30.6. The van der Waals surface area contributed by atoms with Gasteiger partial charge in [0.15, 0.2) is 0 Å². The molecule has 0 bridgehead atoms. The summed E-state index contributed by atoms with van der Waals surface area (Å²) in [5, 5.41) is 3.31. The van der Waals surface area contributed by atoms with Crippen LogP contribution >= 0.6 is 0 Å². The van der Waals surface area contributed by atoms with Gasteiger partial charge in [-0.05, 0) is 32.4 Å². The minimum Gasteiger partial charge on any atom is -0.441 e. The minimum absolute atomic E-state index is 0.164. The summed E-state index contributed by atoms with van der Waals surface area (Å²) >= 11 is 0. The maximum atomic E-state index is 11.8. The largest absolute Gasteiger partial charge is 0.441 e. The first-order chi connectivity index (χ1) is 7.76. The molecule has 0 saturated carbocycles. The van der Waals surface area contributed by atoms with E-state index in [9.17, 15) is 4.79 Å². The molecule has 92 valence electrons. The molecule has 2 saturated heterocycles. The number of hydrogen-bond donors (Lipinski definition) is 2. The van der Waals surface area contributed by atoms with Gasteiger partial charge in [0.25, 0.3) is 0 Å². The third-order valence-corrected chi connectivity index (χ3v) is 3.46. The van der Waals surface area contributed by atoms with Gasteiger partial charge in [-0.15, -0.1) is 0 Å². The Morgan fingerprint density at radius 2 is 2.38 bits per heavy atom. The topological polar surface area (TPSA) is 67.6 Å². The standard InChI is InChI=1S/C11H21N3O2/c12-5-2-7-14-8-4-11(16-10(14)15)3-1-6-13-9-11/h13H,1-9,12H2. The molecular weight excluding hydrogens is 206 g/mol. The monoisotopic (exact) mass is 227 g/mol. The van der Waals surface area contributed by atoms with Crippen molar-refractivity contribution in [3.8, 4) is 0 Å². The van der Waals surface area contributed by atoms with E-state index in [1.165, 1.54) is 0 Å². The summed E-state index contributed by atoms with van der Waals surface area (Å²) in [6.45, 7) is 4.00. The Hall–Kier alpha value is -0.810. The molecule has 5 nitrogen and oxygen atoms in total. The molecule has 2 fully saturated rings. The van der Waals surface area contributed by atoms with Gasteiger partial charge in [-0.1, -0.05) is 0 Å². The second kappa shape index (κ2) is 5.01. The lowest BCUT2D eigenvalue weighted by Crippen LogP contribution is -2.56. The first-order valence-corrected chi connectivity index (χ1v) is 6.14. The van der Waals surface area contributed by atoms with Crippen molar-refractivity contribution < 1.29 is 9.53 Å². The Bertz CT molecular complexity index is 252. The number of nitrogens with one attached hydrogen (secondary N) is 1. The van der Waals surface area contributed by atoms with Gasteiger partial charge in [0.05, 0.1) is 0 Å². The summed E-state index contributed by atoms with van der Waals surface area (Å²) < 4.78 is 5.61. The highest BCUT2D eigenvalue weighted by Gasteiger charge is 2.41. The van der Waals surface area contributed by atoms with E-state index in [2.05, 4.69) is 5.32 Å². The van der Waals surface area contributed by atoms with Crippen LogP contribution in [0.2, 0.25) is 0 Å². The van der Waals surface area contributed by atoms with Crippen molar-refractivity contribution in [3.63, 3.8) is 0 Å². The van der Waals surface area contributed by atoms with Crippen molar-refractivity contribution in [3.05, 3.63) is 0 Å². The smallest absolute Gasteiger partial charge is 0.410 e. The first kappa shape index (κ1) is 11.7. The van der Waals surface area contributed by atoms with E-state index in [0.717, 1.165) is 51.9 Å². The van der Waals surface area contributed by atoms with Crippen LogP contribution in [0.15, 0.2) is 0 Å². The van der Waals surface area contributed by atoms with E-state index < -0.39 is 0 Å². The molecule has 0 aromatic heterocycles. The maximum Gasteiger partial charge on any atom is 0.410 e. The van der Waals surface area contributed by atoms with Gasteiger partial charge >= 0.3 is 6.09 Å². The molecule has 0 radical (unpaired) electrons. The van der Waals surface area contributed by atoms with Crippen LogP contribution in [0.25, 0.3) is 0 Å². The van der Waals surface area contributed by atoms with Crippen molar-refractivity contribution in [2.75, 3.05) is 32.7 Å². The molecule has 1 spiro atoms. The molecule has 3 N–H and O–H groups in total. The summed E-state index contributed by atoms with van der Waals surface area (Å²) in [6, 6.07) is 0. The third-order valence-electron chi connectivity index (χ3n) is 3.46. The van der Waals surface area contributed by atoms with Gasteiger partial charge in [-0.2, -0.15) is 0 Å². The van der Waals surface area contributed by atoms with Crippen LogP contribution in [-0.4, -0.2) is 49.3 Å². The fourth-order valence-electron chi connectivity index (χ4n) is 2.46. The number of amides is 1. The molecule has 1 atom stereocenters. The number of nitrogens with two attached hydrogens (primary N) is 1. The van der Waals surface area contributed by atoms with Crippen molar-refractivity contribution in [1.82, 2.24) is 10.2 Å². The number of ether oxygens (including phenoxy) is 1. The molecule has 1 amide bonds. The van der Waals surface area contributed by atoms with Gasteiger partial charge < -0.3 is 20.7 Å². The number of rotatable bonds is 3. The Balaban J connectivity index is 1.88. The number of piperidine rings is 1. The zero-order chi connectivity index (χ0) is 11.4. The highest BCUT2D eigenvalue weighted by Crippen LogP contribution is 2.29. The molecule has 0 aliphatic carbocycles. The first-order valence-electron chi connectivity index (χ1n) is 6.14. The minimum atomic E-state index is -0.228. The summed E-state index contributed by atoms with van der Waals surface area (Å²) in [5.74, 6) is 0. The quantitative estimate of drug-likeness (QED) is 0.727. The van der Waals surface area contributed by atoms with E-state index in [4.69, 9.17) is 10.5 Å². The molecule has 0 aromatic rings. The van der Waals surface area contributed by atoms with Crippen molar-refractivity contribution in [1.29, 1.82) is 0 Å². The molecule has 2 aliphatic rings. The molecule has 16 heavy (non-hydrogen) atoms. The summed E-state index contributed by atoms with van der Waals surface area (Å²) in [5.41, 5.74) is 5.21. The summed E-state index contributed by atoms with van der Waals surface area (Å²) in [4.78, 5) is 13.6. The molecule has 2 rings (SSSR count). The van der Waals surface area contributed by atoms with Gasteiger partial charge in [0.1, 0.15) is 5.60 Å². The molecule has 2 heterocycles. The van der Waals surface area contributed by atoms with Gasteiger partial charge in [-0.3, -0.25) is 0 Å². The lowest BCUT2D eigenvalue weighted by molar-refractivity contribution is -0.0603. The molecule has 5 heteroatoms. The average Bonchev–Trinajstić information content (AvgIpc) is 2.29. The Kier molecular flexibility index (Phi) is 3.66. The predicted octanol–water partition coefficient (Wildman–Crippen LogP) is 0.300. The highest BCUT2D eigenvalue weighted by atomic mass is 16.6. The zero-order valence-corrected chi connectivity index (χ0v) is 9.71. The Labute approximate surface area is 96.3 Å². The van der Waals surface area contributed by atoms with E-state index in [1.807, 2.05) is 0 Å². The molecule has 0 aromatic carbocycles. The average molecular weight is 227 g/mol. The van der Waals surface area contributed by atoms with Crippen LogP contribution in [0.4, 0.5) is 4.79 Å². The number of hydrogen-bond acceptors (Lipinski definition) is 4. The van der Waals surface area contributed by atoms with E-state index >= 15 is 0 Å². The van der Waals surface area contributed by atoms with Gasteiger partial charge in [-0.25, -0.2) is 4.79 Å². The van der Waals surface area contributed by atoms with E-state index in [0.29, 0.717) is 6.54 Å². The van der Waals surface area contributed by atoms with Crippen molar-refractivity contribution >= 4 is 6.09 Å². The summed E-state index contributed by atoms with van der Waals surface area (Å²) in [6.07, 6.45) is 3.71. The van der Waals surface area contributed by atoms with Crippen LogP contribution in [0.1, 0.15) is 25.7 Å². The molecule has 1 unspecified atom stereocenters. The third kappa shape index (κ3) is 2.47. The maximum absolute atomic E-state index is 11.8. The Morgan fingerprint density at radius 1 is 1.50 bits per heavy atom. The molecular formula is C11H21N3O2. The van der Waals surface area contributed by atoms with Gasteiger partial charge in [0.2, 0.25) is 0 Å². The SMILES string of the molecule is NCCCN1CCC2(CCCNC2)OC1=O. The Morgan fingerprint density at radius 3 is 3.00 bits per heavy atom. The zero-order valence-electron chi connectivity index (χ0n) is 9.71. The van der Waals surface area contributed by atoms with Crippen LogP contribution in [0, 0.1) is 0 Å². The van der Waals surface area contributed by atoms with Crippen molar-refractivity contribution in [2.24, 2.45) is 5.73 Å². The number of nitrogens with zero attached hydrogens (tertiary/aromatic N) is 1. The van der Waals surface area contributed by atoms with Crippen LogP contribution in [-0.2, 0) is 4.74 Å². The van der Waals surface area contributed by atoms with E-state index in [-0.39, 0.29) is 11.7 Å². The van der Waals surface area contributed by atoms with Crippen LogP contribution < -0.4 is 11.1 Å².